The van der Waals surface area contributed by atoms with E-state index in [4.69, 9.17) is 23.8 Å². The van der Waals surface area contributed by atoms with Gasteiger partial charge in [0.05, 0.1) is 17.4 Å². The van der Waals surface area contributed by atoms with Gasteiger partial charge in [-0.2, -0.15) is 0 Å². The number of thiocarbonyl (C=S) groups is 1. The van der Waals surface area contributed by atoms with Crippen LogP contribution in [0.1, 0.15) is 34.6 Å². The summed E-state index contributed by atoms with van der Waals surface area (Å²) in [6, 6.07) is 20.9. The minimum absolute atomic E-state index is 0.111. The Morgan fingerprint density at radius 3 is 2.61 bits per heavy atom. The number of hydrogen-bond donors (Lipinski definition) is 2. The molecule has 1 fully saturated rings. The Hall–Kier alpha value is -3.35. The molecule has 33 heavy (non-hydrogen) atoms. The van der Waals surface area contributed by atoms with Gasteiger partial charge in [0.1, 0.15) is 11.8 Å². The topological polar surface area (TPSA) is 53.3 Å². The minimum atomic E-state index is -0.270. The zero-order valence-corrected chi connectivity index (χ0v) is 19.8. The van der Waals surface area contributed by atoms with E-state index in [0.717, 1.165) is 17.1 Å². The zero-order chi connectivity index (χ0) is 23.1. The van der Waals surface area contributed by atoms with Gasteiger partial charge in [0.15, 0.2) is 5.11 Å². The third-order valence-electron chi connectivity index (χ3n) is 6.15. The number of hydrogen-bond acceptors (Lipinski definition) is 3. The summed E-state index contributed by atoms with van der Waals surface area (Å²) in [5.74, 6) is 0.111. The van der Waals surface area contributed by atoms with E-state index in [1.807, 2.05) is 35.4 Å². The molecule has 166 valence electrons. The van der Waals surface area contributed by atoms with Crippen LogP contribution in [0.5, 0.6) is 5.75 Å². The Morgan fingerprint density at radius 1 is 1.00 bits per heavy atom. The summed E-state index contributed by atoms with van der Waals surface area (Å²) in [4.78, 5) is 6.54. The highest BCUT2D eigenvalue weighted by Crippen LogP contribution is 2.45. The van der Waals surface area contributed by atoms with Crippen LogP contribution in [0.2, 0.25) is 5.02 Å². The van der Waals surface area contributed by atoms with Gasteiger partial charge >= 0.3 is 0 Å². The monoisotopic (exact) mass is 474 g/mol. The molecule has 1 aliphatic heterocycles. The number of phenolic OH excluding ortho intramolecular Hbond substituents is 1. The summed E-state index contributed by atoms with van der Waals surface area (Å²) >= 11 is 12.1. The predicted molar refractivity (Wildman–Crippen MR) is 136 cm³/mol. The SMILES string of the molecule is Cc1ccc(-n2cccc2[C@@H]2[C@@H](c3ccccn3)NC(=S)N2c2cc(Cl)ccc2O)cc1C. The van der Waals surface area contributed by atoms with E-state index in [1.54, 1.807) is 24.4 Å². The molecule has 2 N–H and O–H groups in total. The highest BCUT2D eigenvalue weighted by atomic mass is 35.5. The molecular weight excluding hydrogens is 452 g/mol. The molecule has 2 atom stereocenters. The highest BCUT2D eigenvalue weighted by Gasteiger charge is 2.43. The molecule has 0 saturated carbocycles. The Balaban J connectivity index is 1.70. The first-order valence-electron chi connectivity index (χ1n) is 10.7. The lowest BCUT2D eigenvalue weighted by molar-refractivity contribution is 0.472. The summed E-state index contributed by atoms with van der Waals surface area (Å²) in [5, 5.41) is 15.2. The second-order valence-corrected chi connectivity index (χ2v) is 9.02. The lowest BCUT2D eigenvalue weighted by Gasteiger charge is -2.29. The van der Waals surface area contributed by atoms with Gasteiger partial charge in [0.25, 0.3) is 0 Å². The Kier molecular flexibility index (Phi) is 5.56. The van der Waals surface area contributed by atoms with E-state index >= 15 is 0 Å². The second kappa shape index (κ2) is 8.54. The van der Waals surface area contributed by atoms with Crippen molar-refractivity contribution in [2.75, 3.05) is 4.90 Å². The molecular formula is C26H23ClN4OS. The number of aromatic nitrogens is 2. The van der Waals surface area contributed by atoms with Crippen LogP contribution >= 0.6 is 23.8 Å². The van der Waals surface area contributed by atoms with Gasteiger partial charge < -0.3 is 19.9 Å². The number of aryl methyl sites for hydroxylation is 2. The van der Waals surface area contributed by atoms with Crippen LogP contribution in [0.25, 0.3) is 5.69 Å². The maximum absolute atomic E-state index is 10.7. The lowest BCUT2D eigenvalue weighted by Crippen LogP contribution is -2.30. The smallest absolute Gasteiger partial charge is 0.174 e. The van der Waals surface area contributed by atoms with Gasteiger partial charge in [0, 0.05) is 28.8 Å². The van der Waals surface area contributed by atoms with Crippen LogP contribution in [0, 0.1) is 13.8 Å². The van der Waals surface area contributed by atoms with Crippen LogP contribution in [0.3, 0.4) is 0 Å². The quantitative estimate of drug-likeness (QED) is 0.354. The van der Waals surface area contributed by atoms with Gasteiger partial charge in [-0.05, 0) is 91.8 Å². The number of anilines is 1. The first kappa shape index (κ1) is 21.5. The van der Waals surface area contributed by atoms with E-state index in [-0.39, 0.29) is 17.8 Å². The average Bonchev–Trinajstić information content (AvgIpc) is 3.42. The first-order valence-corrected chi connectivity index (χ1v) is 11.5. The Bertz CT molecular complexity index is 1340. The molecule has 0 spiro atoms. The van der Waals surface area contributed by atoms with Crippen molar-refractivity contribution >= 4 is 34.6 Å². The highest BCUT2D eigenvalue weighted by molar-refractivity contribution is 7.80. The van der Waals surface area contributed by atoms with Crippen LogP contribution in [0.15, 0.2) is 79.1 Å². The van der Waals surface area contributed by atoms with Crippen LogP contribution in [-0.2, 0) is 0 Å². The molecule has 0 amide bonds. The second-order valence-electron chi connectivity index (χ2n) is 8.20. The largest absolute Gasteiger partial charge is 0.506 e. The number of phenols is 1. The summed E-state index contributed by atoms with van der Waals surface area (Å²) in [6.45, 7) is 4.22. The van der Waals surface area contributed by atoms with Crippen molar-refractivity contribution in [3.63, 3.8) is 0 Å². The standard InChI is InChI=1S/C26H23ClN4OS/c1-16-8-10-19(14-17(16)2)30-13-5-7-21(30)25-24(20-6-3-4-12-28-20)29-26(33)31(25)22-15-18(27)9-11-23(22)32/h3-15,24-25,32H,1-2H3,(H,29,33)/t24-,25-/m1/s1. The number of nitrogens with one attached hydrogen (secondary N) is 1. The molecule has 0 unspecified atom stereocenters. The van der Waals surface area contributed by atoms with Crippen molar-refractivity contribution in [3.05, 3.63) is 107 Å². The molecule has 7 heteroatoms. The molecule has 3 heterocycles. The molecule has 2 aromatic carbocycles. The normalized spacial score (nSPS) is 17.9. The molecule has 0 bridgehead atoms. The molecule has 2 aromatic heterocycles. The van der Waals surface area contributed by atoms with Crippen LogP contribution in [-0.4, -0.2) is 19.8 Å². The number of halogens is 1. The van der Waals surface area contributed by atoms with Crippen molar-refractivity contribution in [2.45, 2.75) is 25.9 Å². The molecule has 1 saturated heterocycles. The number of nitrogens with zero attached hydrogens (tertiary/aromatic N) is 3. The fourth-order valence-corrected chi connectivity index (χ4v) is 4.86. The lowest BCUT2D eigenvalue weighted by atomic mass is 10.0. The molecule has 5 rings (SSSR count). The van der Waals surface area contributed by atoms with E-state index < -0.39 is 0 Å². The number of pyridine rings is 1. The average molecular weight is 475 g/mol. The number of aromatic hydroxyl groups is 1. The summed E-state index contributed by atoms with van der Waals surface area (Å²) in [6.07, 6.45) is 3.82. The number of benzene rings is 2. The molecule has 0 radical (unpaired) electrons. The third kappa shape index (κ3) is 3.86. The van der Waals surface area contributed by atoms with Gasteiger partial charge in [0.2, 0.25) is 0 Å². The number of rotatable bonds is 4. The van der Waals surface area contributed by atoms with Crippen molar-refractivity contribution in [1.82, 2.24) is 14.9 Å². The molecule has 1 aliphatic rings. The van der Waals surface area contributed by atoms with E-state index in [0.29, 0.717) is 15.8 Å². The van der Waals surface area contributed by atoms with Crippen molar-refractivity contribution in [1.29, 1.82) is 0 Å². The van der Waals surface area contributed by atoms with Crippen molar-refractivity contribution in [2.24, 2.45) is 0 Å². The van der Waals surface area contributed by atoms with Gasteiger partial charge in [-0.3, -0.25) is 4.98 Å². The maximum Gasteiger partial charge on any atom is 0.174 e. The summed E-state index contributed by atoms with van der Waals surface area (Å²) < 4.78 is 2.16. The zero-order valence-electron chi connectivity index (χ0n) is 18.2. The van der Waals surface area contributed by atoms with E-state index in [9.17, 15) is 5.11 Å². The van der Waals surface area contributed by atoms with Gasteiger partial charge in [-0.1, -0.05) is 23.7 Å². The fraction of sp³-hybridized carbons (Fsp3) is 0.154. The summed E-state index contributed by atoms with van der Waals surface area (Å²) in [7, 11) is 0. The Labute approximate surface area is 203 Å². The molecule has 0 aliphatic carbocycles. The van der Waals surface area contributed by atoms with Crippen LogP contribution in [0.4, 0.5) is 5.69 Å². The van der Waals surface area contributed by atoms with Crippen LogP contribution < -0.4 is 10.2 Å². The predicted octanol–water partition coefficient (Wildman–Crippen LogP) is 6.03. The van der Waals surface area contributed by atoms with Gasteiger partial charge in [-0.15, -0.1) is 0 Å². The third-order valence-corrected chi connectivity index (χ3v) is 6.70. The minimum Gasteiger partial charge on any atom is -0.506 e. The Morgan fingerprint density at radius 2 is 1.85 bits per heavy atom. The van der Waals surface area contributed by atoms with E-state index in [2.05, 4.69) is 53.0 Å². The van der Waals surface area contributed by atoms with E-state index in [1.165, 1.54) is 11.1 Å². The van der Waals surface area contributed by atoms with Crippen molar-refractivity contribution in [3.8, 4) is 11.4 Å². The van der Waals surface area contributed by atoms with Crippen molar-refractivity contribution < 1.29 is 5.11 Å². The molecule has 4 aromatic rings. The molecule has 5 nitrogen and oxygen atoms in total. The maximum atomic E-state index is 10.7. The first-order chi connectivity index (χ1) is 15.9. The fourth-order valence-electron chi connectivity index (χ4n) is 4.35. The van der Waals surface area contributed by atoms with Gasteiger partial charge in [-0.25, -0.2) is 0 Å². The summed E-state index contributed by atoms with van der Waals surface area (Å²) in [5.41, 5.74) is 5.95.